The average Bonchev–Trinajstić information content (AvgIpc) is 2.77. The van der Waals surface area contributed by atoms with Gasteiger partial charge in [0.15, 0.2) is 0 Å². The van der Waals surface area contributed by atoms with E-state index in [-0.39, 0.29) is 5.78 Å². The van der Waals surface area contributed by atoms with Gasteiger partial charge in [-0.05, 0) is 30.7 Å². The van der Waals surface area contributed by atoms with E-state index in [9.17, 15) is 4.79 Å². The number of benzene rings is 1. The van der Waals surface area contributed by atoms with Crippen molar-refractivity contribution in [2.24, 2.45) is 0 Å². The molecule has 1 aromatic carbocycles. The number of rotatable bonds is 3. The summed E-state index contributed by atoms with van der Waals surface area (Å²) < 4.78 is 0.853. The Labute approximate surface area is 107 Å². The molecule has 2 aromatic rings. The van der Waals surface area contributed by atoms with Gasteiger partial charge in [-0.2, -0.15) is 0 Å². The van der Waals surface area contributed by atoms with Crippen LogP contribution in [0.4, 0.5) is 0 Å². The van der Waals surface area contributed by atoms with E-state index in [1.54, 1.807) is 11.3 Å². The van der Waals surface area contributed by atoms with E-state index in [0.717, 1.165) is 21.3 Å². The summed E-state index contributed by atoms with van der Waals surface area (Å²) in [5, 5.41) is 0. The minimum absolute atomic E-state index is 0.0946. The highest BCUT2D eigenvalue weighted by Crippen LogP contribution is 2.24. The molecule has 0 aliphatic heterocycles. The lowest BCUT2D eigenvalue weighted by Crippen LogP contribution is -1.99. The van der Waals surface area contributed by atoms with E-state index >= 15 is 0 Å². The fourth-order valence-electron chi connectivity index (χ4n) is 1.47. The normalized spacial score (nSPS) is 10.4. The highest BCUT2D eigenvalue weighted by Gasteiger charge is 2.13. The number of thiophene rings is 1. The van der Waals surface area contributed by atoms with Crippen molar-refractivity contribution in [3.63, 3.8) is 0 Å². The first-order valence-electron chi connectivity index (χ1n) is 5.10. The van der Waals surface area contributed by atoms with Crippen molar-refractivity contribution in [1.82, 2.24) is 0 Å². The highest BCUT2D eigenvalue weighted by atomic mass is 79.9. The van der Waals surface area contributed by atoms with Gasteiger partial charge in [0.05, 0.1) is 4.88 Å². The van der Waals surface area contributed by atoms with Gasteiger partial charge in [0.2, 0.25) is 5.78 Å². The second kappa shape index (κ2) is 4.93. The minimum atomic E-state index is 0.0946. The molecule has 82 valence electrons. The predicted octanol–water partition coefficient (Wildman–Crippen LogP) is 4.30. The number of halogens is 1. The van der Waals surface area contributed by atoms with E-state index in [1.807, 2.05) is 36.4 Å². The summed E-state index contributed by atoms with van der Waals surface area (Å²) in [7, 11) is 0. The quantitative estimate of drug-likeness (QED) is 0.771. The van der Waals surface area contributed by atoms with Crippen molar-refractivity contribution in [1.29, 1.82) is 0 Å². The van der Waals surface area contributed by atoms with Crippen LogP contribution >= 0.6 is 27.3 Å². The summed E-state index contributed by atoms with van der Waals surface area (Å²) in [4.78, 5) is 14.2. The Bertz CT molecular complexity index is 516. The van der Waals surface area contributed by atoms with Crippen LogP contribution in [-0.4, -0.2) is 5.78 Å². The van der Waals surface area contributed by atoms with Crippen molar-refractivity contribution in [3.05, 3.63) is 56.2 Å². The molecule has 0 saturated heterocycles. The van der Waals surface area contributed by atoms with Crippen molar-refractivity contribution in [3.8, 4) is 0 Å². The zero-order chi connectivity index (χ0) is 11.5. The van der Waals surface area contributed by atoms with Crippen molar-refractivity contribution in [2.45, 2.75) is 13.3 Å². The molecule has 0 saturated carbocycles. The maximum atomic E-state index is 12.2. The van der Waals surface area contributed by atoms with E-state index in [1.165, 1.54) is 4.88 Å². The second-order valence-electron chi connectivity index (χ2n) is 3.43. The number of hydrogen-bond acceptors (Lipinski definition) is 2. The third-order valence-electron chi connectivity index (χ3n) is 2.35. The molecule has 16 heavy (non-hydrogen) atoms. The van der Waals surface area contributed by atoms with Gasteiger partial charge in [0.1, 0.15) is 0 Å². The fourth-order valence-corrected chi connectivity index (χ4v) is 2.83. The Morgan fingerprint density at radius 1 is 1.25 bits per heavy atom. The van der Waals surface area contributed by atoms with Gasteiger partial charge in [-0.15, -0.1) is 11.3 Å². The molecule has 0 N–H and O–H groups in total. The maximum Gasteiger partial charge on any atom is 0.204 e. The zero-order valence-corrected chi connectivity index (χ0v) is 11.3. The SMILES string of the molecule is CCc1ccc(C(=O)c2ccccc2Br)s1. The Morgan fingerprint density at radius 2 is 2.00 bits per heavy atom. The van der Waals surface area contributed by atoms with Gasteiger partial charge < -0.3 is 0 Å². The van der Waals surface area contributed by atoms with E-state index in [4.69, 9.17) is 0 Å². The minimum Gasteiger partial charge on any atom is -0.288 e. The molecule has 0 amide bonds. The van der Waals surface area contributed by atoms with Crippen LogP contribution in [0.15, 0.2) is 40.9 Å². The molecule has 0 aliphatic carbocycles. The first kappa shape index (κ1) is 11.6. The van der Waals surface area contributed by atoms with Crippen LogP contribution in [0.3, 0.4) is 0 Å². The Hall–Kier alpha value is -0.930. The van der Waals surface area contributed by atoms with Crippen LogP contribution in [-0.2, 0) is 6.42 Å². The van der Waals surface area contributed by atoms with Crippen LogP contribution in [0.25, 0.3) is 0 Å². The predicted molar refractivity (Wildman–Crippen MR) is 71.3 cm³/mol. The van der Waals surface area contributed by atoms with Gasteiger partial charge in [-0.25, -0.2) is 0 Å². The summed E-state index contributed by atoms with van der Waals surface area (Å²) in [6, 6.07) is 11.5. The molecule has 1 nitrogen and oxygen atoms in total. The smallest absolute Gasteiger partial charge is 0.204 e. The third kappa shape index (κ3) is 2.25. The average molecular weight is 295 g/mol. The van der Waals surface area contributed by atoms with Crippen LogP contribution in [0.1, 0.15) is 27.0 Å². The molecule has 0 bridgehead atoms. The molecule has 0 radical (unpaired) electrons. The van der Waals surface area contributed by atoms with Gasteiger partial charge in [-0.1, -0.05) is 35.0 Å². The summed E-state index contributed by atoms with van der Waals surface area (Å²) in [5.41, 5.74) is 0.729. The summed E-state index contributed by atoms with van der Waals surface area (Å²) >= 11 is 4.98. The number of carbonyl (C=O) groups excluding carboxylic acids is 1. The van der Waals surface area contributed by atoms with Crippen LogP contribution in [0.5, 0.6) is 0 Å². The fraction of sp³-hybridized carbons (Fsp3) is 0.154. The lowest BCUT2D eigenvalue weighted by Gasteiger charge is -2.00. The largest absolute Gasteiger partial charge is 0.288 e. The van der Waals surface area contributed by atoms with Crippen LogP contribution in [0.2, 0.25) is 0 Å². The molecule has 0 atom stereocenters. The molecule has 2 rings (SSSR count). The van der Waals surface area contributed by atoms with Gasteiger partial charge in [-0.3, -0.25) is 4.79 Å². The Balaban J connectivity index is 2.35. The lowest BCUT2D eigenvalue weighted by molar-refractivity contribution is 0.104. The molecule has 3 heteroatoms. The van der Waals surface area contributed by atoms with Crippen LogP contribution < -0.4 is 0 Å². The monoisotopic (exact) mass is 294 g/mol. The topological polar surface area (TPSA) is 17.1 Å². The van der Waals surface area contributed by atoms with Crippen LogP contribution in [0, 0.1) is 0 Å². The van der Waals surface area contributed by atoms with E-state index < -0.39 is 0 Å². The molecular formula is C13H11BrOS. The molecule has 1 aromatic heterocycles. The van der Waals surface area contributed by atoms with Crippen molar-refractivity contribution >= 4 is 33.0 Å². The molecular weight excluding hydrogens is 284 g/mol. The van der Waals surface area contributed by atoms with Gasteiger partial charge in [0.25, 0.3) is 0 Å². The molecule has 0 aliphatic rings. The Morgan fingerprint density at radius 3 is 2.62 bits per heavy atom. The number of hydrogen-bond donors (Lipinski definition) is 0. The summed E-state index contributed by atoms with van der Waals surface area (Å²) in [6.45, 7) is 2.10. The standard InChI is InChI=1S/C13H11BrOS/c1-2-9-7-8-12(16-9)13(15)10-5-3-4-6-11(10)14/h3-8H,2H2,1H3. The highest BCUT2D eigenvalue weighted by molar-refractivity contribution is 9.10. The third-order valence-corrected chi connectivity index (χ3v) is 4.27. The Kier molecular flexibility index (Phi) is 3.56. The van der Waals surface area contributed by atoms with Crippen molar-refractivity contribution < 1.29 is 4.79 Å². The number of carbonyl (C=O) groups is 1. The number of aryl methyl sites for hydroxylation is 1. The summed E-state index contributed by atoms with van der Waals surface area (Å²) in [5.74, 6) is 0.0946. The van der Waals surface area contributed by atoms with Crippen molar-refractivity contribution in [2.75, 3.05) is 0 Å². The second-order valence-corrected chi connectivity index (χ2v) is 5.45. The molecule has 1 heterocycles. The van der Waals surface area contributed by atoms with Gasteiger partial charge >= 0.3 is 0 Å². The molecule has 0 spiro atoms. The van der Waals surface area contributed by atoms with E-state index in [0.29, 0.717) is 0 Å². The first-order chi connectivity index (χ1) is 7.72. The van der Waals surface area contributed by atoms with E-state index in [2.05, 4.69) is 22.9 Å². The lowest BCUT2D eigenvalue weighted by atomic mass is 10.1. The first-order valence-corrected chi connectivity index (χ1v) is 6.71. The number of ketones is 1. The maximum absolute atomic E-state index is 12.2. The molecule has 0 fully saturated rings. The summed E-state index contributed by atoms with van der Waals surface area (Å²) in [6.07, 6.45) is 0.980. The zero-order valence-electron chi connectivity index (χ0n) is 8.87. The molecule has 0 unspecified atom stereocenters. The van der Waals surface area contributed by atoms with Gasteiger partial charge in [0, 0.05) is 14.9 Å².